The molecule has 1 aromatic heterocycles. The Bertz CT molecular complexity index is 1060. The van der Waals surface area contributed by atoms with Crippen LogP contribution >= 0.6 is 11.6 Å². The van der Waals surface area contributed by atoms with Crippen LogP contribution in [0.3, 0.4) is 0 Å². The fourth-order valence-corrected chi connectivity index (χ4v) is 3.39. The molecule has 1 atom stereocenters. The Balaban J connectivity index is 1.77. The molecule has 1 unspecified atom stereocenters. The van der Waals surface area contributed by atoms with Crippen LogP contribution in [0.5, 0.6) is 5.75 Å². The molecule has 0 N–H and O–H groups in total. The zero-order valence-corrected chi connectivity index (χ0v) is 15.5. The van der Waals surface area contributed by atoms with Crippen molar-refractivity contribution in [2.24, 2.45) is 0 Å². The minimum Gasteiger partial charge on any atom is -0.483 e. The van der Waals surface area contributed by atoms with Crippen LogP contribution < -0.4 is 4.74 Å². The number of halogens is 2. The zero-order valence-electron chi connectivity index (χ0n) is 14.8. The normalized spacial score (nSPS) is 12.3. The largest absolute Gasteiger partial charge is 0.483 e. The number of nitrogens with zero attached hydrogens (tertiary/aromatic N) is 2. The van der Waals surface area contributed by atoms with Gasteiger partial charge in [-0.25, -0.2) is 9.37 Å². The first-order valence-electron chi connectivity index (χ1n) is 8.73. The highest BCUT2D eigenvalue weighted by Gasteiger charge is 2.20. The van der Waals surface area contributed by atoms with Gasteiger partial charge in [0.25, 0.3) is 0 Å². The quantitative estimate of drug-likeness (QED) is 0.423. The lowest BCUT2D eigenvalue weighted by Gasteiger charge is -2.17. The summed E-state index contributed by atoms with van der Waals surface area (Å²) in [5, 5.41) is 0.398. The Morgan fingerprint density at radius 1 is 1.00 bits per heavy atom. The van der Waals surface area contributed by atoms with Gasteiger partial charge in [0.1, 0.15) is 11.6 Å². The van der Waals surface area contributed by atoms with Crippen LogP contribution in [0.1, 0.15) is 24.4 Å². The third kappa shape index (κ3) is 3.53. The molecule has 0 aliphatic heterocycles. The Kier molecular flexibility index (Phi) is 4.82. The summed E-state index contributed by atoms with van der Waals surface area (Å²) in [7, 11) is 0. The molecule has 0 saturated carbocycles. The number of para-hydroxylation sites is 3. The lowest BCUT2D eigenvalue weighted by atomic mass is 10.2. The van der Waals surface area contributed by atoms with Crippen molar-refractivity contribution >= 4 is 22.6 Å². The van der Waals surface area contributed by atoms with Crippen LogP contribution in [0.2, 0.25) is 5.02 Å². The standard InChI is InChI=1S/C22H18ClFN2O/c1-15(27-16-8-3-2-4-9-16)22-25-20-12-5-6-13-21(20)26(22)14-17-18(23)10-7-11-19(17)24/h2-13,15H,14H2,1H3. The number of hydrogen-bond acceptors (Lipinski definition) is 2. The molecule has 0 radical (unpaired) electrons. The Morgan fingerprint density at radius 3 is 2.52 bits per heavy atom. The summed E-state index contributed by atoms with van der Waals surface area (Å²) in [6, 6.07) is 22.1. The summed E-state index contributed by atoms with van der Waals surface area (Å²) in [4.78, 5) is 4.74. The summed E-state index contributed by atoms with van der Waals surface area (Å²) in [5.74, 6) is 1.15. The predicted molar refractivity (Wildman–Crippen MR) is 106 cm³/mol. The monoisotopic (exact) mass is 380 g/mol. The summed E-state index contributed by atoms with van der Waals surface area (Å²) < 4.78 is 22.4. The molecule has 0 aliphatic rings. The Labute approximate surface area is 162 Å². The van der Waals surface area contributed by atoms with Crippen LogP contribution in [0.4, 0.5) is 4.39 Å². The third-order valence-electron chi connectivity index (χ3n) is 4.48. The first-order valence-corrected chi connectivity index (χ1v) is 9.11. The lowest BCUT2D eigenvalue weighted by Crippen LogP contribution is -2.13. The van der Waals surface area contributed by atoms with Gasteiger partial charge in [-0.05, 0) is 43.3 Å². The molecule has 4 rings (SSSR count). The predicted octanol–water partition coefficient (Wildman–Crippen LogP) is 6.02. The molecule has 5 heteroatoms. The SMILES string of the molecule is CC(Oc1ccccc1)c1nc2ccccc2n1Cc1c(F)cccc1Cl. The maximum atomic E-state index is 14.4. The van der Waals surface area contributed by atoms with E-state index in [2.05, 4.69) is 0 Å². The van der Waals surface area contributed by atoms with Crippen molar-refractivity contribution in [3.8, 4) is 5.75 Å². The molecule has 0 bridgehead atoms. The van der Waals surface area contributed by atoms with E-state index in [-0.39, 0.29) is 18.5 Å². The van der Waals surface area contributed by atoms with E-state index in [9.17, 15) is 4.39 Å². The highest BCUT2D eigenvalue weighted by molar-refractivity contribution is 6.31. The molecule has 136 valence electrons. The van der Waals surface area contributed by atoms with Crippen LogP contribution in [-0.4, -0.2) is 9.55 Å². The third-order valence-corrected chi connectivity index (χ3v) is 4.84. The van der Waals surface area contributed by atoms with E-state index in [4.69, 9.17) is 21.3 Å². The molecule has 0 spiro atoms. The first-order chi connectivity index (χ1) is 13.1. The second-order valence-electron chi connectivity index (χ2n) is 6.32. The molecular formula is C22H18ClFN2O. The number of benzene rings is 3. The van der Waals surface area contributed by atoms with Crippen LogP contribution in [0, 0.1) is 5.82 Å². The topological polar surface area (TPSA) is 27.1 Å². The molecular weight excluding hydrogens is 363 g/mol. The maximum Gasteiger partial charge on any atom is 0.153 e. The van der Waals surface area contributed by atoms with Crippen molar-refractivity contribution in [1.82, 2.24) is 9.55 Å². The highest BCUT2D eigenvalue weighted by Crippen LogP contribution is 2.28. The van der Waals surface area contributed by atoms with Crippen molar-refractivity contribution in [2.45, 2.75) is 19.6 Å². The maximum absolute atomic E-state index is 14.4. The second kappa shape index (κ2) is 7.41. The fraction of sp³-hybridized carbons (Fsp3) is 0.136. The molecule has 0 fully saturated rings. The number of ether oxygens (including phenoxy) is 1. The Hall–Kier alpha value is -2.85. The minimum atomic E-state index is -0.331. The number of aromatic nitrogens is 2. The fourth-order valence-electron chi connectivity index (χ4n) is 3.17. The van der Waals surface area contributed by atoms with Gasteiger partial charge in [-0.15, -0.1) is 0 Å². The number of imidazole rings is 1. The van der Waals surface area contributed by atoms with Crippen molar-refractivity contribution in [2.75, 3.05) is 0 Å². The van der Waals surface area contributed by atoms with Gasteiger partial charge in [0.15, 0.2) is 11.9 Å². The molecule has 1 heterocycles. The minimum absolute atomic E-state index is 0.282. The molecule has 4 aromatic rings. The van der Waals surface area contributed by atoms with Gasteiger partial charge in [-0.1, -0.05) is 48.0 Å². The number of fused-ring (bicyclic) bond motifs is 1. The second-order valence-corrected chi connectivity index (χ2v) is 6.73. The van der Waals surface area contributed by atoms with E-state index in [0.29, 0.717) is 10.6 Å². The molecule has 3 nitrogen and oxygen atoms in total. The van der Waals surface area contributed by atoms with E-state index in [1.54, 1.807) is 12.1 Å². The highest BCUT2D eigenvalue weighted by atomic mass is 35.5. The molecule has 27 heavy (non-hydrogen) atoms. The average Bonchev–Trinajstić information content (AvgIpc) is 3.04. The van der Waals surface area contributed by atoms with Gasteiger partial charge < -0.3 is 9.30 Å². The van der Waals surface area contributed by atoms with E-state index in [0.717, 1.165) is 22.6 Å². The van der Waals surface area contributed by atoms with Crippen molar-refractivity contribution in [1.29, 1.82) is 0 Å². The van der Waals surface area contributed by atoms with Gasteiger partial charge in [0.2, 0.25) is 0 Å². The average molecular weight is 381 g/mol. The van der Waals surface area contributed by atoms with Gasteiger partial charge in [0.05, 0.1) is 17.6 Å². The van der Waals surface area contributed by atoms with Crippen molar-refractivity contribution < 1.29 is 9.13 Å². The number of hydrogen-bond donors (Lipinski definition) is 0. The van der Waals surface area contributed by atoms with Crippen molar-refractivity contribution in [3.63, 3.8) is 0 Å². The summed E-state index contributed by atoms with van der Waals surface area (Å²) >= 11 is 6.25. The smallest absolute Gasteiger partial charge is 0.153 e. The molecule has 0 saturated heterocycles. The van der Waals surface area contributed by atoms with Crippen LogP contribution in [-0.2, 0) is 6.54 Å². The summed E-state index contributed by atoms with van der Waals surface area (Å²) in [6.45, 7) is 2.22. The van der Waals surface area contributed by atoms with E-state index in [1.165, 1.54) is 6.07 Å². The zero-order chi connectivity index (χ0) is 18.8. The molecule has 0 amide bonds. The van der Waals surface area contributed by atoms with Crippen molar-refractivity contribution in [3.05, 3.63) is 95.0 Å². The van der Waals surface area contributed by atoms with E-state index < -0.39 is 0 Å². The summed E-state index contributed by atoms with van der Waals surface area (Å²) in [6.07, 6.45) is -0.314. The first kappa shape index (κ1) is 17.6. The number of rotatable bonds is 5. The van der Waals surface area contributed by atoms with E-state index in [1.807, 2.05) is 66.1 Å². The van der Waals surface area contributed by atoms with E-state index >= 15 is 0 Å². The molecule has 0 aliphatic carbocycles. The Morgan fingerprint density at radius 2 is 1.74 bits per heavy atom. The lowest BCUT2D eigenvalue weighted by molar-refractivity contribution is 0.212. The van der Waals surface area contributed by atoms with Gasteiger partial charge in [0, 0.05) is 10.6 Å². The van der Waals surface area contributed by atoms with Gasteiger partial charge in [-0.2, -0.15) is 0 Å². The van der Waals surface area contributed by atoms with Gasteiger partial charge in [-0.3, -0.25) is 0 Å². The van der Waals surface area contributed by atoms with Gasteiger partial charge >= 0.3 is 0 Å². The molecule has 3 aromatic carbocycles. The summed E-state index contributed by atoms with van der Waals surface area (Å²) in [5.41, 5.74) is 2.19. The van der Waals surface area contributed by atoms with Crippen LogP contribution in [0.25, 0.3) is 11.0 Å². The van der Waals surface area contributed by atoms with Crippen LogP contribution in [0.15, 0.2) is 72.8 Å².